The average Bonchev–Trinajstić information content (AvgIpc) is 2.70. The molecule has 0 aliphatic heterocycles. The van der Waals surface area contributed by atoms with Crippen LogP contribution < -0.4 is 21.7 Å². The summed E-state index contributed by atoms with van der Waals surface area (Å²) in [6, 6.07) is 8.36. The second-order valence-corrected chi connectivity index (χ2v) is 7.39. The highest BCUT2D eigenvalue weighted by Crippen LogP contribution is 2.08. The van der Waals surface area contributed by atoms with E-state index >= 15 is 0 Å². The van der Waals surface area contributed by atoms with Crippen LogP contribution in [-0.4, -0.2) is 50.1 Å². The molecule has 0 heterocycles. The Kier molecular flexibility index (Phi) is 11.4. The number of guanidine groups is 1. The molecule has 2 atom stereocenters. The molecule has 0 bridgehead atoms. The van der Waals surface area contributed by atoms with Crippen LogP contribution in [-0.2, 0) is 20.7 Å². The minimum absolute atomic E-state index is 0.218. The van der Waals surface area contributed by atoms with E-state index in [0.29, 0.717) is 32.2 Å². The Balaban J connectivity index is 2.46. The molecule has 1 rings (SSSR count). The van der Waals surface area contributed by atoms with Gasteiger partial charge in [-0.05, 0) is 30.7 Å². The number of hydrogen-bond acceptors (Lipinski definition) is 5. The molecular weight excluding hydrogens is 370 g/mol. The van der Waals surface area contributed by atoms with Crippen molar-refractivity contribution in [1.29, 1.82) is 5.41 Å². The zero-order valence-corrected chi connectivity index (χ0v) is 17.7. The van der Waals surface area contributed by atoms with Crippen molar-refractivity contribution in [3.05, 3.63) is 35.9 Å². The first kappa shape index (κ1) is 24.4. The van der Waals surface area contributed by atoms with Crippen molar-refractivity contribution < 1.29 is 14.3 Å². The topological polar surface area (TPSA) is 129 Å². The quantitative estimate of drug-likeness (QED) is 0.154. The smallest absolute Gasteiger partial charge is 0.328 e. The van der Waals surface area contributed by atoms with Crippen LogP contribution in [0.5, 0.6) is 0 Å². The number of hydrogen-bond donors (Lipinski definition) is 5. The lowest BCUT2D eigenvalue weighted by Gasteiger charge is -2.21. The lowest BCUT2D eigenvalue weighted by molar-refractivity contribution is -0.148. The summed E-state index contributed by atoms with van der Waals surface area (Å²) in [5.41, 5.74) is 7.05. The number of benzene rings is 1. The van der Waals surface area contributed by atoms with Gasteiger partial charge < -0.3 is 26.4 Å². The fourth-order valence-electron chi connectivity index (χ4n) is 2.73. The third-order valence-corrected chi connectivity index (χ3v) is 4.37. The van der Waals surface area contributed by atoms with Gasteiger partial charge in [0.15, 0.2) is 5.96 Å². The number of carbonyl (C=O) groups excluding carboxylic acids is 2. The summed E-state index contributed by atoms with van der Waals surface area (Å²) in [7, 11) is 1.66. The third-order valence-electron chi connectivity index (χ3n) is 4.37. The molecule has 0 fully saturated rings. The largest absolute Gasteiger partial charge is 0.464 e. The highest BCUT2D eigenvalue weighted by Gasteiger charge is 2.25. The molecule has 0 radical (unpaired) electrons. The predicted octanol–water partition coefficient (Wildman–Crippen LogP) is 1.15. The number of amides is 1. The van der Waals surface area contributed by atoms with Gasteiger partial charge in [-0.2, -0.15) is 0 Å². The summed E-state index contributed by atoms with van der Waals surface area (Å²) >= 11 is 0. The fourth-order valence-corrected chi connectivity index (χ4v) is 2.73. The van der Waals surface area contributed by atoms with E-state index in [2.05, 4.69) is 16.0 Å². The van der Waals surface area contributed by atoms with Gasteiger partial charge in [-0.1, -0.05) is 44.2 Å². The van der Waals surface area contributed by atoms with E-state index in [9.17, 15) is 9.59 Å². The Labute approximate surface area is 173 Å². The Morgan fingerprint density at radius 1 is 1.21 bits per heavy atom. The van der Waals surface area contributed by atoms with Gasteiger partial charge in [-0.3, -0.25) is 10.2 Å². The first-order valence-electron chi connectivity index (χ1n) is 10.1. The van der Waals surface area contributed by atoms with Crippen LogP contribution in [0, 0.1) is 11.3 Å². The molecule has 8 heteroatoms. The highest BCUT2D eigenvalue weighted by molar-refractivity contribution is 5.87. The molecule has 162 valence electrons. The van der Waals surface area contributed by atoms with Gasteiger partial charge in [-0.25, -0.2) is 4.79 Å². The number of ether oxygens (including phenoxy) is 1. The van der Waals surface area contributed by atoms with Gasteiger partial charge in [-0.15, -0.1) is 0 Å². The number of nitrogens with one attached hydrogen (secondary N) is 4. The second kappa shape index (κ2) is 13.5. The first-order valence-corrected chi connectivity index (χ1v) is 10.1. The van der Waals surface area contributed by atoms with E-state index in [4.69, 9.17) is 15.9 Å². The molecule has 1 aromatic carbocycles. The van der Waals surface area contributed by atoms with Crippen molar-refractivity contribution in [2.24, 2.45) is 11.7 Å². The van der Waals surface area contributed by atoms with Crippen molar-refractivity contribution >= 4 is 17.8 Å². The van der Waals surface area contributed by atoms with Crippen molar-refractivity contribution in [2.75, 3.05) is 20.2 Å². The monoisotopic (exact) mass is 405 g/mol. The molecule has 0 aliphatic rings. The van der Waals surface area contributed by atoms with E-state index in [1.807, 2.05) is 44.2 Å². The maximum Gasteiger partial charge on any atom is 0.328 e. The van der Waals surface area contributed by atoms with Crippen LogP contribution in [0.3, 0.4) is 0 Å². The lowest BCUT2D eigenvalue weighted by Crippen LogP contribution is -2.49. The van der Waals surface area contributed by atoms with Gasteiger partial charge in [0.1, 0.15) is 6.04 Å². The van der Waals surface area contributed by atoms with Crippen molar-refractivity contribution in [3.8, 4) is 0 Å². The Bertz CT molecular complexity index is 636. The average molecular weight is 406 g/mol. The van der Waals surface area contributed by atoms with E-state index in [1.54, 1.807) is 7.05 Å². The van der Waals surface area contributed by atoms with Crippen LogP contribution >= 0.6 is 0 Å². The minimum Gasteiger partial charge on any atom is -0.464 e. The van der Waals surface area contributed by atoms with E-state index in [0.717, 1.165) is 5.56 Å². The zero-order chi connectivity index (χ0) is 21.6. The minimum atomic E-state index is -0.715. The molecule has 6 N–H and O–H groups in total. The summed E-state index contributed by atoms with van der Waals surface area (Å²) in [6.45, 7) is 4.78. The Hall–Kier alpha value is -2.61. The molecule has 1 amide bonds. The highest BCUT2D eigenvalue weighted by atomic mass is 16.5. The lowest BCUT2D eigenvalue weighted by atomic mass is 10.0. The Morgan fingerprint density at radius 3 is 2.52 bits per heavy atom. The van der Waals surface area contributed by atoms with Crippen LogP contribution in [0.15, 0.2) is 30.3 Å². The fraction of sp³-hybridized carbons (Fsp3) is 0.571. The summed E-state index contributed by atoms with van der Waals surface area (Å²) in [4.78, 5) is 24.9. The van der Waals surface area contributed by atoms with Gasteiger partial charge in [0.25, 0.3) is 0 Å². The maximum atomic E-state index is 12.5. The Morgan fingerprint density at radius 2 is 1.90 bits per heavy atom. The van der Waals surface area contributed by atoms with E-state index < -0.39 is 18.1 Å². The predicted molar refractivity (Wildman–Crippen MR) is 114 cm³/mol. The standard InChI is InChI=1S/C21H35N5O3/c1-15(2)14-18(20(28)29-13-11-16-8-5-4-6-9-16)26-19(27)17(22)10-7-12-25-21(23)24-3/h4-6,8-9,15,17-18H,7,10-14,22H2,1-3H3,(H,26,27)(H3,23,24,25)/t17-,18+/m1/s1. The summed E-state index contributed by atoms with van der Waals surface area (Å²) in [5, 5.41) is 15.7. The maximum absolute atomic E-state index is 12.5. The van der Waals surface area contributed by atoms with Crippen LogP contribution in [0.2, 0.25) is 0 Å². The molecule has 0 aliphatic carbocycles. The second-order valence-electron chi connectivity index (χ2n) is 7.39. The van der Waals surface area contributed by atoms with E-state index in [1.165, 1.54) is 0 Å². The number of esters is 1. The van der Waals surface area contributed by atoms with Gasteiger partial charge in [0.2, 0.25) is 5.91 Å². The van der Waals surface area contributed by atoms with Gasteiger partial charge in [0, 0.05) is 20.0 Å². The summed E-state index contributed by atoms with van der Waals surface area (Å²) in [5.74, 6) is -0.355. The van der Waals surface area contributed by atoms with E-state index in [-0.39, 0.29) is 24.4 Å². The number of carbonyl (C=O) groups is 2. The molecule has 29 heavy (non-hydrogen) atoms. The molecule has 1 aromatic rings. The molecule has 8 nitrogen and oxygen atoms in total. The molecule has 0 saturated carbocycles. The van der Waals surface area contributed by atoms with Crippen LogP contribution in [0.25, 0.3) is 0 Å². The van der Waals surface area contributed by atoms with Crippen molar-refractivity contribution in [1.82, 2.24) is 16.0 Å². The van der Waals surface area contributed by atoms with Gasteiger partial charge >= 0.3 is 5.97 Å². The van der Waals surface area contributed by atoms with Crippen LogP contribution in [0.1, 0.15) is 38.7 Å². The van der Waals surface area contributed by atoms with Crippen molar-refractivity contribution in [3.63, 3.8) is 0 Å². The molecule has 0 saturated heterocycles. The number of rotatable bonds is 12. The zero-order valence-electron chi connectivity index (χ0n) is 17.7. The summed E-state index contributed by atoms with van der Waals surface area (Å²) in [6.07, 6.45) is 2.20. The van der Waals surface area contributed by atoms with Gasteiger partial charge in [0.05, 0.1) is 12.6 Å². The van der Waals surface area contributed by atoms with Crippen LogP contribution in [0.4, 0.5) is 0 Å². The third kappa shape index (κ3) is 10.5. The number of nitrogens with two attached hydrogens (primary N) is 1. The molecule has 0 aromatic heterocycles. The van der Waals surface area contributed by atoms with Crippen molar-refractivity contribution in [2.45, 2.75) is 51.6 Å². The molecular formula is C21H35N5O3. The first-order chi connectivity index (χ1) is 13.8. The SMILES string of the molecule is CNC(=N)NCCC[C@@H](N)C(=O)N[C@@H](CC(C)C)C(=O)OCCc1ccccc1. The molecule has 0 unspecified atom stereocenters. The molecule has 0 spiro atoms. The summed E-state index contributed by atoms with van der Waals surface area (Å²) < 4.78 is 5.39. The normalized spacial score (nSPS) is 12.7.